The fourth-order valence-electron chi connectivity index (χ4n) is 0.855. The number of ether oxygens (including phenoxy) is 1. The van der Waals surface area contributed by atoms with E-state index in [2.05, 4.69) is 6.92 Å². The minimum atomic E-state index is 0.305. The molecule has 0 bridgehead atoms. The van der Waals surface area contributed by atoms with Crippen LogP contribution in [0.15, 0.2) is 0 Å². The van der Waals surface area contributed by atoms with Crippen LogP contribution in [-0.4, -0.2) is 35.9 Å². The van der Waals surface area contributed by atoms with Gasteiger partial charge in [0.1, 0.15) is 0 Å². The molecule has 2 nitrogen and oxygen atoms in total. The van der Waals surface area contributed by atoms with Crippen LogP contribution in [-0.2, 0) is 4.74 Å². The van der Waals surface area contributed by atoms with Crippen LogP contribution in [0, 0.1) is 0 Å². The summed E-state index contributed by atoms with van der Waals surface area (Å²) in [6.45, 7) is 6.16. The van der Waals surface area contributed by atoms with Gasteiger partial charge >= 0.3 is 0 Å². The molecule has 0 radical (unpaired) electrons. The molecule has 1 unspecified atom stereocenters. The standard InChI is InChI=1S/C9H20O2S/c1-3-11-7-4-8-12-9(2)5-6-10/h9-10H,3-8H2,1-2H3. The topological polar surface area (TPSA) is 29.5 Å². The average molecular weight is 192 g/mol. The zero-order valence-corrected chi connectivity index (χ0v) is 8.90. The van der Waals surface area contributed by atoms with Gasteiger partial charge in [0, 0.05) is 25.1 Å². The van der Waals surface area contributed by atoms with Gasteiger partial charge in [0.2, 0.25) is 0 Å². The second kappa shape index (κ2) is 9.36. The van der Waals surface area contributed by atoms with Gasteiger partial charge in [-0.15, -0.1) is 0 Å². The third-order valence-electron chi connectivity index (χ3n) is 1.58. The van der Waals surface area contributed by atoms with E-state index in [9.17, 15) is 0 Å². The smallest absolute Gasteiger partial charge is 0.0473 e. The SMILES string of the molecule is CCOCCCSC(C)CCO. The lowest BCUT2D eigenvalue weighted by Crippen LogP contribution is -2.02. The fourth-order valence-corrected chi connectivity index (χ4v) is 1.81. The zero-order valence-electron chi connectivity index (χ0n) is 8.08. The summed E-state index contributed by atoms with van der Waals surface area (Å²) >= 11 is 1.91. The van der Waals surface area contributed by atoms with E-state index in [4.69, 9.17) is 9.84 Å². The lowest BCUT2D eigenvalue weighted by molar-refractivity contribution is 0.149. The van der Waals surface area contributed by atoms with Crippen LogP contribution in [0.25, 0.3) is 0 Å². The average Bonchev–Trinajstić information content (AvgIpc) is 2.05. The van der Waals surface area contributed by atoms with E-state index in [0.29, 0.717) is 11.9 Å². The molecule has 0 aliphatic heterocycles. The predicted octanol–water partition coefficient (Wildman–Crippen LogP) is 1.92. The van der Waals surface area contributed by atoms with Gasteiger partial charge in [-0.3, -0.25) is 0 Å². The number of hydrogen-bond donors (Lipinski definition) is 1. The molecular formula is C9H20O2S. The maximum absolute atomic E-state index is 8.64. The van der Waals surface area contributed by atoms with Gasteiger partial charge in [-0.2, -0.15) is 11.8 Å². The molecule has 0 aromatic rings. The summed E-state index contributed by atoms with van der Waals surface area (Å²) in [5.41, 5.74) is 0. The van der Waals surface area contributed by atoms with Gasteiger partial charge in [0.05, 0.1) is 0 Å². The summed E-state index contributed by atoms with van der Waals surface area (Å²) in [6.07, 6.45) is 2.02. The molecule has 0 rings (SSSR count). The molecule has 74 valence electrons. The molecule has 0 amide bonds. The van der Waals surface area contributed by atoms with Crippen LogP contribution in [0.2, 0.25) is 0 Å². The minimum absolute atomic E-state index is 0.305. The molecule has 0 heterocycles. The highest BCUT2D eigenvalue weighted by Crippen LogP contribution is 2.14. The molecule has 0 aromatic heterocycles. The third-order valence-corrected chi connectivity index (χ3v) is 2.90. The quantitative estimate of drug-likeness (QED) is 0.596. The van der Waals surface area contributed by atoms with E-state index < -0.39 is 0 Å². The molecular weight excluding hydrogens is 172 g/mol. The van der Waals surface area contributed by atoms with E-state index in [0.717, 1.165) is 31.8 Å². The van der Waals surface area contributed by atoms with Gasteiger partial charge in [0.25, 0.3) is 0 Å². The number of aliphatic hydroxyl groups excluding tert-OH is 1. The third kappa shape index (κ3) is 8.37. The predicted molar refractivity (Wildman–Crippen MR) is 54.7 cm³/mol. The molecule has 0 aromatic carbocycles. The lowest BCUT2D eigenvalue weighted by atomic mass is 10.3. The Hall–Kier alpha value is 0.270. The Morgan fingerprint density at radius 2 is 2.25 bits per heavy atom. The van der Waals surface area contributed by atoms with Crippen molar-refractivity contribution in [1.82, 2.24) is 0 Å². The van der Waals surface area contributed by atoms with E-state index in [1.165, 1.54) is 0 Å². The molecule has 12 heavy (non-hydrogen) atoms. The van der Waals surface area contributed by atoms with Crippen LogP contribution in [0.1, 0.15) is 26.7 Å². The van der Waals surface area contributed by atoms with Gasteiger partial charge in [0.15, 0.2) is 0 Å². The van der Waals surface area contributed by atoms with Crippen molar-refractivity contribution in [1.29, 1.82) is 0 Å². The highest BCUT2D eigenvalue weighted by Gasteiger charge is 2.00. The maximum Gasteiger partial charge on any atom is 0.0473 e. The first-order valence-electron chi connectivity index (χ1n) is 4.61. The molecule has 3 heteroatoms. The summed E-state index contributed by atoms with van der Waals surface area (Å²) in [5.74, 6) is 1.14. The first kappa shape index (κ1) is 12.3. The molecule has 0 aliphatic rings. The van der Waals surface area contributed by atoms with Crippen molar-refractivity contribution in [3.63, 3.8) is 0 Å². The van der Waals surface area contributed by atoms with Crippen LogP contribution >= 0.6 is 11.8 Å². The molecule has 1 atom stereocenters. The Bertz CT molecular complexity index is 88.6. The van der Waals surface area contributed by atoms with Crippen molar-refractivity contribution in [2.24, 2.45) is 0 Å². The van der Waals surface area contributed by atoms with Crippen LogP contribution < -0.4 is 0 Å². The molecule has 1 N–H and O–H groups in total. The van der Waals surface area contributed by atoms with Gasteiger partial charge in [-0.05, 0) is 25.5 Å². The van der Waals surface area contributed by atoms with Crippen molar-refractivity contribution in [2.45, 2.75) is 31.9 Å². The Labute approximate surface area is 79.7 Å². The Morgan fingerprint density at radius 3 is 2.83 bits per heavy atom. The zero-order chi connectivity index (χ0) is 9.23. The molecule has 0 spiro atoms. The molecule has 0 fully saturated rings. The number of thioether (sulfide) groups is 1. The Morgan fingerprint density at radius 1 is 1.50 bits per heavy atom. The van der Waals surface area contributed by atoms with Crippen molar-refractivity contribution in [3.8, 4) is 0 Å². The number of hydrogen-bond acceptors (Lipinski definition) is 3. The summed E-state index contributed by atoms with van der Waals surface area (Å²) in [4.78, 5) is 0. The van der Waals surface area contributed by atoms with E-state index in [1.807, 2.05) is 18.7 Å². The fraction of sp³-hybridized carbons (Fsp3) is 1.00. The highest BCUT2D eigenvalue weighted by atomic mass is 32.2. The Balaban J connectivity index is 2.97. The number of rotatable bonds is 8. The second-order valence-corrected chi connectivity index (χ2v) is 4.29. The summed E-state index contributed by atoms with van der Waals surface area (Å²) in [6, 6.07) is 0. The monoisotopic (exact) mass is 192 g/mol. The second-order valence-electron chi connectivity index (χ2n) is 2.74. The molecule has 0 saturated heterocycles. The summed E-state index contributed by atoms with van der Waals surface area (Å²) < 4.78 is 5.21. The number of aliphatic hydroxyl groups is 1. The molecule has 0 saturated carbocycles. The Kier molecular flexibility index (Phi) is 9.57. The molecule has 0 aliphatic carbocycles. The van der Waals surface area contributed by atoms with E-state index in [1.54, 1.807) is 0 Å². The van der Waals surface area contributed by atoms with Crippen LogP contribution in [0.3, 0.4) is 0 Å². The first-order chi connectivity index (χ1) is 5.81. The minimum Gasteiger partial charge on any atom is -0.396 e. The van der Waals surface area contributed by atoms with Gasteiger partial charge in [-0.1, -0.05) is 6.92 Å². The highest BCUT2D eigenvalue weighted by molar-refractivity contribution is 7.99. The summed E-state index contributed by atoms with van der Waals surface area (Å²) in [5, 5.41) is 9.22. The van der Waals surface area contributed by atoms with Gasteiger partial charge < -0.3 is 9.84 Å². The van der Waals surface area contributed by atoms with E-state index >= 15 is 0 Å². The van der Waals surface area contributed by atoms with Crippen molar-refractivity contribution < 1.29 is 9.84 Å². The largest absolute Gasteiger partial charge is 0.396 e. The summed E-state index contributed by atoms with van der Waals surface area (Å²) in [7, 11) is 0. The van der Waals surface area contributed by atoms with Crippen molar-refractivity contribution in [2.75, 3.05) is 25.6 Å². The van der Waals surface area contributed by atoms with Crippen molar-refractivity contribution >= 4 is 11.8 Å². The maximum atomic E-state index is 8.64. The normalized spacial score (nSPS) is 13.2. The first-order valence-corrected chi connectivity index (χ1v) is 5.66. The van der Waals surface area contributed by atoms with Crippen LogP contribution in [0.5, 0.6) is 0 Å². The van der Waals surface area contributed by atoms with E-state index in [-0.39, 0.29) is 0 Å². The van der Waals surface area contributed by atoms with Crippen molar-refractivity contribution in [3.05, 3.63) is 0 Å². The van der Waals surface area contributed by atoms with Crippen LogP contribution in [0.4, 0.5) is 0 Å². The van der Waals surface area contributed by atoms with Gasteiger partial charge in [-0.25, -0.2) is 0 Å². The lowest BCUT2D eigenvalue weighted by Gasteiger charge is -2.08.